The minimum atomic E-state index is -2.98. The lowest BCUT2D eigenvalue weighted by Crippen LogP contribution is -2.04. The zero-order chi connectivity index (χ0) is 19.1. The van der Waals surface area contributed by atoms with Gasteiger partial charge in [-0.25, -0.2) is 0 Å². The molecule has 2 aromatic carbocycles. The summed E-state index contributed by atoms with van der Waals surface area (Å²) in [6.07, 6.45) is 2.98. The lowest BCUT2D eigenvalue weighted by Gasteiger charge is -2.10. The van der Waals surface area contributed by atoms with E-state index in [1.165, 1.54) is 45.6 Å². The van der Waals surface area contributed by atoms with Gasteiger partial charge in [0.15, 0.2) is 28.8 Å². The van der Waals surface area contributed by atoms with Crippen molar-refractivity contribution >= 4 is 11.9 Å². The van der Waals surface area contributed by atoms with Crippen molar-refractivity contribution in [2.24, 2.45) is 0 Å². The summed E-state index contributed by atoms with van der Waals surface area (Å²) >= 11 is 0. The van der Waals surface area contributed by atoms with Gasteiger partial charge in [-0.1, -0.05) is 12.1 Å². The van der Waals surface area contributed by atoms with Crippen molar-refractivity contribution in [2.75, 3.05) is 21.3 Å². The summed E-state index contributed by atoms with van der Waals surface area (Å²) in [6.45, 7) is -2.98. The Morgan fingerprint density at radius 3 is 2.12 bits per heavy atom. The van der Waals surface area contributed by atoms with Gasteiger partial charge in [-0.3, -0.25) is 4.79 Å². The van der Waals surface area contributed by atoms with Crippen LogP contribution in [-0.4, -0.2) is 33.7 Å². The number of carbonyl (C=O) groups is 1. The second-order valence-corrected chi connectivity index (χ2v) is 5.06. The number of halogens is 2. The van der Waals surface area contributed by atoms with Crippen molar-refractivity contribution < 1.29 is 32.5 Å². The number of benzene rings is 2. The van der Waals surface area contributed by atoms with Crippen LogP contribution in [0.15, 0.2) is 42.5 Å². The Morgan fingerprint density at radius 2 is 1.50 bits per heavy atom. The average Bonchev–Trinajstić information content (AvgIpc) is 2.65. The van der Waals surface area contributed by atoms with Crippen LogP contribution in [0, 0.1) is 0 Å². The molecule has 2 rings (SSSR count). The number of rotatable bonds is 8. The number of ether oxygens (including phenoxy) is 4. The van der Waals surface area contributed by atoms with Crippen molar-refractivity contribution in [1.29, 1.82) is 0 Å². The molecule has 0 aliphatic carbocycles. The molecule has 0 spiro atoms. The van der Waals surface area contributed by atoms with E-state index in [2.05, 4.69) is 4.74 Å². The van der Waals surface area contributed by atoms with Gasteiger partial charge in [0, 0.05) is 5.56 Å². The molecule has 0 aliphatic rings. The molecule has 0 N–H and O–H groups in total. The summed E-state index contributed by atoms with van der Waals surface area (Å²) in [6, 6.07) is 9.22. The average molecular weight is 364 g/mol. The van der Waals surface area contributed by atoms with Gasteiger partial charge in [0.2, 0.25) is 0 Å². The third kappa shape index (κ3) is 4.72. The molecule has 26 heavy (non-hydrogen) atoms. The van der Waals surface area contributed by atoms with Gasteiger partial charge in [0.05, 0.1) is 21.3 Å². The van der Waals surface area contributed by atoms with Crippen LogP contribution in [0.2, 0.25) is 0 Å². The zero-order valence-corrected chi connectivity index (χ0v) is 14.5. The molecule has 0 bridgehead atoms. The monoisotopic (exact) mass is 364 g/mol. The van der Waals surface area contributed by atoms with Gasteiger partial charge in [0.1, 0.15) is 0 Å². The largest absolute Gasteiger partial charge is 0.493 e. The minimum Gasteiger partial charge on any atom is -0.493 e. The number of alkyl halides is 2. The molecular weight excluding hydrogens is 346 g/mol. The van der Waals surface area contributed by atoms with E-state index in [-0.39, 0.29) is 22.8 Å². The lowest BCUT2D eigenvalue weighted by atomic mass is 10.1. The standard InChI is InChI=1S/C19H18F2O5/c1-23-15-8-5-12(10-17(15)24-2)4-7-14(22)13-6-9-16(26-19(20)21)18(11-13)25-3/h4-11,19H,1-3H3/b7-4+. The van der Waals surface area contributed by atoms with E-state index < -0.39 is 6.61 Å². The van der Waals surface area contributed by atoms with Crippen molar-refractivity contribution in [3.8, 4) is 23.0 Å². The molecule has 0 saturated heterocycles. The first-order valence-electron chi connectivity index (χ1n) is 7.55. The Bertz CT molecular complexity index is 803. The van der Waals surface area contributed by atoms with Crippen LogP contribution in [0.5, 0.6) is 23.0 Å². The van der Waals surface area contributed by atoms with Crippen LogP contribution < -0.4 is 18.9 Å². The van der Waals surface area contributed by atoms with Gasteiger partial charge in [-0.05, 0) is 42.0 Å². The fourth-order valence-corrected chi connectivity index (χ4v) is 2.24. The Hall–Kier alpha value is -3.09. The Balaban J connectivity index is 2.20. The fraction of sp³-hybridized carbons (Fsp3) is 0.211. The molecule has 0 heterocycles. The molecule has 0 unspecified atom stereocenters. The molecule has 0 amide bonds. The Morgan fingerprint density at radius 1 is 0.885 bits per heavy atom. The summed E-state index contributed by atoms with van der Waals surface area (Å²) in [7, 11) is 4.36. The first-order chi connectivity index (χ1) is 12.5. The van der Waals surface area contributed by atoms with Crippen molar-refractivity contribution in [1.82, 2.24) is 0 Å². The third-order valence-electron chi connectivity index (χ3n) is 3.50. The number of carbonyl (C=O) groups excluding carboxylic acids is 1. The topological polar surface area (TPSA) is 54.0 Å². The molecule has 0 atom stereocenters. The van der Waals surface area contributed by atoms with Gasteiger partial charge in [0.25, 0.3) is 0 Å². The summed E-state index contributed by atoms with van der Waals surface area (Å²) in [5.74, 6) is 0.716. The SMILES string of the molecule is COc1ccc(/C=C/C(=O)c2ccc(OC(F)F)c(OC)c2)cc1OC. The first kappa shape index (κ1) is 19.2. The first-order valence-corrected chi connectivity index (χ1v) is 7.55. The van der Waals surface area contributed by atoms with Gasteiger partial charge in [-0.2, -0.15) is 8.78 Å². The lowest BCUT2D eigenvalue weighted by molar-refractivity contribution is -0.0512. The molecule has 5 nitrogen and oxygen atoms in total. The molecule has 2 aromatic rings. The molecule has 138 valence electrons. The summed E-state index contributed by atoms with van der Waals surface area (Å²) in [5, 5.41) is 0. The maximum Gasteiger partial charge on any atom is 0.387 e. The highest BCUT2D eigenvalue weighted by molar-refractivity contribution is 6.07. The Labute approximate surface area is 149 Å². The number of methoxy groups -OCH3 is 3. The molecule has 0 radical (unpaired) electrons. The van der Waals surface area contributed by atoms with Crippen LogP contribution in [0.4, 0.5) is 8.78 Å². The molecule has 7 heteroatoms. The van der Waals surface area contributed by atoms with E-state index >= 15 is 0 Å². The van der Waals surface area contributed by atoms with E-state index in [1.807, 2.05) is 0 Å². The van der Waals surface area contributed by atoms with Crippen molar-refractivity contribution in [3.63, 3.8) is 0 Å². The summed E-state index contributed by atoms with van der Waals surface area (Å²) in [5.41, 5.74) is 1.01. The number of hydrogen-bond donors (Lipinski definition) is 0. The second-order valence-electron chi connectivity index (χ2n) is 5.06. The van der Waals surface area contributed by atoms with Crippen LogP contribution in [-0.2, 0) is 0 Å². The highest BCUT2D eigenvalue weighted by atomic mass is 19.3. The van der Waals surface area contributed by atoms with E-state index in [4.69, 9.17) is 14.2 Å². The van der Waals surface area contributed by atoms with Crippen LogP contribution >= 0.6 is 0 Å². The van der Waals surface area contributed by atoms with E-state index in [9.17, 15) is 13.6 Å². The van der Waals surface area contributed by atoms with Crippen LogP contribution in [0.3, 0.4) is 0 Å². The van der Waals surface area contributed by atoms with Gasteiger partial charge < -0.3 is 18.9 Å². The summed E-state index contributed by atoms with van der Waals surface area (Å²) < 4.78 is 44.4. The smallest absolute Gasteiger partial charge is 0.387 e. The minimum absolute atomic E-state index is 0.0515. The molecule has 0 fully saturated rings. The van der Waals surface area contributed by atoms with Gasteiger partial charge >= 0.3 is 6.61 Å². The van der Waals surface area contributed by atoms with Gasteiger partial charge in [-0.15, -0.1) is 0 Å². The molecule has 0 aromatic heterocycles. The fourth-order valence-electron chi connectivity index (χ4n) is 2.24. The molecule has 0 aliphatic heterocycles. The van der Waals surface area contributed by atoms with Crippen molar-refractivity contribution in [2.45, 2.75) is 6.61 Å². The van der Waals surface area contributed by atoms with E-state index in [0.29, 0.717) is 11.5 Å². The number of hydrogen-bond acceptors (Lipinski definition) is 5. The number of allylic oxidation sites excluding steroid dienone is 1. The predicted octanol–water partition coefficient (Wildman–Crippen LogP) is 4.21. The Kier molecular flexibility index (Phi) is 6.54. The maximum atomic E-state index is 12.3. The summed E-state index contributed by atoms with van der Waals surface area (Å²) in [4.78, 5) is 12.3. The van der Waals surface area contributed by atoms with Crippen LogP contribution in [0.1, 0.15) is 15.9 Å². The number of ketones is 1. The normalized spacial score (nSPS) is 10.8. The van der Waals surface area contributed by atoms with E-state index in [0.717, 1.165) is 5.56 Å². The highest BCUT2D eigenvalue weighted by Crippen LogP contribution is 2.30. The molecule has 0 saturated carbocycles. The predicted molar refractivity (Wildman–Crippen MR) is 92.5 cm³/mol. The maximum absolute atomic E-state index is 12.3. The highest BCUT2D eigenvalue weighted by Gasteiger charge is 2.13. The second kappa shape index (κ2) is 8.84. The van der Waals surface area contributed by atoms with Crippen LogP contribution in [0.25, 0.3) is 6.08 Å². The quantitative estimate of drug-likeness (QED) is 0.519. The third-order valence-corrected chi connectivity index (χ3v) is 3.50. The van der Waals surface area contributed by atoms with E-state index in [1.54, 1.807) is 24.3 Å². The molecular formula is C19H18F2O5. The zero-order valence-electron chi connectivity index (χ0n) is 14.5. The van der Waals surface area contributed by atoms with Crippen molar-refractivity contribution in [3.05, 3.63) is 53.6 Å².